The zero-order valence-electron chi connectivity index (χ0n) is 12.9. The predicted octanol–water partition coefficient (Wildman–Crippen LogP) is 2.18. The second kappa shape index (κ2) is 9.07. The second-order valence-electron chi connectivity index (χ2n) is 5.24. The number of pyridine rings is 1. The van der Waals surface area contributed by atoms with Crippen LogP contribution in [0.25, 0.3) is 0 Å². The molecule has 1 atom stereocenters. The second-order valence-corrected chi connectivity index (χ2v) is 6.15. The molecule has 0 saturated carbocycles. The summed E-state index contributed by atoms with van der Waals surface area (Å²) < 4.78 is 0.825. The number of amides is 2. The van der Waals surface area contributed by atoms with Crippen LogP contribution in [0, 0.1) is 0 Å². The maximum Gasteiger partial charge on any atom is 0.245 e. The highest BCUT2D eigenvalue weighted by molar-refractivity contribution is 9.10. The summed E-state index contributed by atoms with van der Waals surface area (Å²) in [6.07, 6.45) is 2.97. The Morgan fingerprint density at radius 2 is 2.09 bits per heavy atom. The van der Waals surface area contributed by atoms with E-state index < -0.39 is 5.54 Å². The number of nitrogens with two attached hydrogens (primary N) is 1. The van der Waals surface area contributed by atoms with Gasteiger partial charge in [0, 0.05) is 17.7 Å². The molecule has 0 aliphatic carbocycles. The molecule has 2 amide bonds. The lowest BCUT2D eigenvalue weighted by atomic mass is 9.96. The van der Waals surface area contributed by atoms with E-state index in [1.165, 1.54) is 4.90 Å². The van der Waals surface area contributed by atoms with E-state index in [1.54, 1.807) is 32.3 Å². The lowest BCUT2D eigenvalue weighted by Gasteiger charge is -2.28. The zero-order chi connectivity index (χ0) is 16.0. The van der Waals surface area contributed by atoms with Crippen LogP contribution in [0.3, 0.4) is 0 Å². The number of anilines is 1. The molecule has 0 aliphatic heterocycles. The van der Waals surface area contributed by atoms with E-state index in [0.29, 0.717) is 12.2 Å². The molecule has 0 aliphatic rings. The molecule has 0 aromatic carbocycles. The number of carbonyl (C=O) groups is 2. The standard InChI is InChI=1S/C14H21BrN4O2.ClH/c1-4-7-14(2,16)13(21)19(3)9-12(20)18-11-6-5-10(15)8-17-11;/h5-6,8H,4,7,9,16H2,1-3H3,(H,17,18,20);1H. The summed E-state index contributed by atoms with van der Waals surface area (Å²) in [5.41, 5.74) is 5.03. The molecule has 1 unspecified atom stereocenters. The Hall–Kier alpha value is -1.18. The highest BCUT2D eigenvalue weighted by Gasteiger charge is 2.30. The number of carbonyl (C=O) groups excluding carboxylic acids is 2. The normalized spacial score (nSPS) is 12.8. The van der Waals surface area contributed by atoms with Gasteiger partial charge in [-0.25, -0.2) is 4.98 Å². The lowest BCUT2D eigenvalue weighted by molar-refractivity contribution is -0.137. The van der Waals surface area contributed by atoms with Crippen molar-refractivity contribution in [3.05, 3.63) is 22.8 Å². The Labute approximate surface area is 145 Å². The van der Waals surface area contributed by atoms with Crippen LogP contribution in [0.4, 0.5) is 5.82 Å². The van der Waals surface area contributed by atoms with Gasteiger partial charge in [-0.3, -0.25) is 9.59 Å². The molecule has 1 aromatic heterocycles. The van der Waals surface area contributed by atoms with Crippen LogP contribution in [0.2, 0.25) is 0 Å². The number of nitrogens with zero attached hydrogens (tertiary/aromatic N) is 2. The van der Waals surface area contributed by atoms with Crippen molar-refractivity contribution in [1.82, 2.24) is 9.88 Å². The number of rotatable bonds is 6. The van der Waals surface area contributed by atoms with E-state index in [2.05, 4.69) is 26.2 Å². The van der Waals surface area contributed by atoms with Crippen LogP contribution in [0.5, 0.6) is 0 Å². The lowest BCUT2D eigenvalue weighted by Crippen LogP contribution is -2.53. The van der Waals surface area contributed by atoms with E-state index in [4.69, 9.17) is 5.73 Å². The molecular weight excluding hydrogens is 372 g/mol. The molecule has 8 heteroatoms. The SMILES string of the molecule is CCCC(C)(N)C(=O)N(C)CC(=O)Nc1ccc(Br)cn1.Cl. The Balaban J connectivity index is 0.00000441. The van der Waals surface area contributed by atoms with Crippen LogP contribution in [-0.4, -0.2) is 40.8 Å². The van der Waals surface area contributed by atoms with Crippen molar-refractivity contribution in [2.75, 3.05) is 18.9 Å². The summed E-state index contributed by atoms with van der Waals surface area (Å²) in [5, 5.41) is 2.63. The molecule has 0 saturated heterocycles. The molecule has 0 bridgehead atoms. The van der Waals surface area contributed by atoms with Gasteiger partial charge in [0.25, 0.3) is 0 Å². The van der Waals surface area contributed by atoms with Crippen LogP contribution in [-0.2, 0) is 9.59 Å². The van der Waals surface area contributed by atoms with Crippen molar-refractivity contribution < 1.29 is 9.59 Å². The number of hydrogen-bond acceptors (Lipinski definition) is 4. The van der Waals surface area contributed by atoms with Gasteiger partial charge in [0.15, 0.2) is 0 Å². The van der Waals surface area contributed by atoms with E-state index in [1.807, 2.05) is 6.92 Å². The van der Waals surface area contributed by atoms with Crippen molar-refractivity contribution in [2.24, 2.45) is 5.73 Å². The topological polar surface area (TPSA) is 88.3 Å². The summed E-state index contributed by atoms with van der Waals surface area (Å²) >= 11 is 3.27. The van der Waals surface area contributed by atoms with Gasteiger partial charge in [-0.05, 0) is 41.4 Å². The Morgan fingerprint density at radius 3 is 2.59 bits per heavy atom. The van der Waals surface area contributed by atoms with Gasteiger partial charge in [-0.2, -0.15) is 0 Å². The van der Waals surface area contributed by atoms with Crippen molar-refractivity contribution in [2.45, 2.75) is 32.2 Å². The van der Waals surface area contributed by atoms with Gasteiger partial charge < -0.3 is 16.0 Å². The first-order valence-corrected chi connectivity index (χ1v) is 7.51. The Bertz CT molecular complexity index is 508. The predicted molar refractivity (Wildman–Crippen MR) is 93.0 cm³/mol. The fourth-order valence-electron chi connectivity index (χ4n) is 1.98. The fourth-order valence-corrected chi connectivity index (χ4v) is 2.22. The first-order valence-electron chi connectivity index (χ1n) is 6.72. The number of hydrogen-bond donors (Lipinski definition) is 2. The average Bonchev–Trinajstić information content (AvgIpc) is 2.40. The summed E-state index contributed by atoms with van der Waals surface area (Å²) in [6, 6.07) is 3.45. The molecule has 0 fully saturated rings. The molecule has 6 nitrogen and oxygen atoms in total. The van der Waals surface area contributed by atoms with Gasteiger partial charge in [-0.15, -0.1) is 12.4 Å². The van der Waals surface area contributed by atoms with Crippen LogP contribution >= 0.6 is 28.3 Å². The third-order valence-electron chi connectivity index (χ3n) is 2.98. The highest BCUT2D eigenvalue weighted by atomic mass is 79.9. The summed E-state index contributed by atoms with van der Waals surface area (Å²) in [7, 11) is 1.57. The van der Waals surface area contributed by atoms with Gasteiger partial charge in [-0.1, -0.05) is 13.3 Å². The average molecular weight is 394 g/mol. The largest absolute Gasteiger partial charge is 0.335 e. The third kappa shape index (κ3) is 6.29. The van der Waals surface area contributed by atoms with Crippen molar-refractivity contribution in [1.29, 1.82) is 0 Å². The maximum atomic E-state index is 12.2. The monoisotopic (exact) mass is 392 g/mol. The maximum absolute atomic E-state index is 12.2. The van der Waals surface area contributed by atoms with Crippen LogP contribution in [0.15, 0.2) is 22.8 Å². The number of aromatic nitrogens is 1. The van der Waals surface area contributed by atoms with Crippen LogP contribution in [0.1, 0.15) is 26.7 Å². The molecule has 0 spiro atoms. The van der Waals surface area contributed by atoms with E-state index >= 15 is 0 Å². The smallest absolute Gasteiger partial charge is 0.245 e. The number of nitrogens with one attached hydrogen (secondary N) is 1. The quantitative estimate of drug-likeness (QED) is 0.775. The first kappa shape index (κ1) is 20.8. The van der Waals surface area contributed by atoms with Crippen LogP contribution < -0.4 is 11.1 Å². The molecule has 0 radical (unpaired) electrons. The minimum Gasteiger partial charge on any atom is -0.335 e. The first-order chi connectivity index (χ1) is 9.76. The van der Waals surface area contributed by atoms with E-state index in [9.17, 15) is 9.59 Å². The van der Waals surface area contributed by atoms with E-state index in [0.717, 1.165) is 10.9 Å². The number of likely N-dealkylation sites (N-methyl/N-ethyl adjacent to an activating group) is 1. The van der Waals surface area contributed by atoms with Crippen molar-refractivity contribution in [3.63, 3.8) is 0 Å². The number of halogens is 2. The minimum atomic E-state index is -0.945. The molecule has 1 aromatic rings. The third-order valence-corrected chi connectivity index (χ3v) is 3.45. The van der Waals surface area contributed by atoms with Gasteiger partial charge in [0.1, 0.15) is 5.82 Å². The fraction of sp³-hybridized carbons (Fsp3) is 0.500. The molecule has 1 heterocycles. The van der Waals surface area contributed by atoms with Gasteiger partial charge >= 0.3 is 0 Å². The zero-order valence-corrected chi connectivity index (χ0v) is 15.3. The molecule has 1 rings (SSSR count). The van der Waals surface area contributed by atoms with E-state index in [-0.39, 0.29) is 30.8 Å². The summed E-state index contributed by atoms with van der Waals surface area (Å²) in [4.78, 5) is 29.5. The highest BCUT2D eigenvalue weighted by Crippen LogP contribution is 2.13. The summed E-state index contributed by atoms with van der Waals surface area (Å²) in [5.74, 6) is -0.121. The van der Waals surface area contributed by atoms with Crippen molar-refractivity contribution >= 4 is 46.0 Å². The molecule has 124 valence electrons. The molecule has 3 N–H and O–H groups in total. The molecular formula is C14H22BrClN4O2. The van der Waals surface area contributed by atoms with Crippen molar-refractivity contribution in [3.8, 4) is 0 Å². The Morgan fingerprint density at radius 1 is 1.45 bits per heavy atom. The molecule has 22 heavy (non-hydrogen) atoms. The summed E-state index contributed by atoms with van der Waals surface area (Å²) in [6.45, 7) is 3.58. The van der Waals surface area contributed by atoms with Gasteiger partial charge in [0.05, 0.1) is 12.1 Å². The Kier molecular flexibility index (Phi) is 8.58. The minimum absolute atomic E-state index is 0. The van der Waals surface area contributed by atoms with Gasteiger partial charge in [0.2, 0.25) is 11.8 Å².